The summed E-state index contributed by atoms with van der Waals surface area (Å²) in [7, 11) is 0. The average Bonchev–Trinajstić information content (AvgIpc) is 2.79. The minimum absolute atomic E-state index is 0.0787. The molecule has 0 radical (unpaired) electrons. The summed E-state index contributed by atoms with van der Waals surface area (Å²) < 4.78 is 13.4. The van der Waals surface area contributed by atoms with Gasteiger partial charge in [-0.25, -0.2) is 9.18 Å². The number of amides is 2. The van der Waals surface area contributed by atoms with Gasteiger partial charge in [0.05, 0.1) is 12.1 Å². The van der Waals surface area contributed by atoms with E-state index < -0.39 is 17.8 Å². The Balaban J connectivity index is 2.03. The second kappa shape index (κ2) is 5.69. The Labute approximate surface area is 110 Å². The molecule has 2 N–H and O–H groups in total. The van der Waals surface area contributed by atoms with Crippen LogP contribution in [-0.4, -0.2) is 34.6 Å². The molecule has 1 aliphatic heterocycles. The molecule has 6 heteroatoms. The maximum absolute atomic E-state index is 13.4. The zero-order valence-corrected chi connectivity index (χ0v) is 10.3. The van der Waals surface area contributed by atoms with Gasteiger partial charge in [0.1, 0.15) is 5.82 Å². The SMILES string of the molecule is O=C(O)CC1CCCN1C(=O)Nc1ccccc1F. The van der Waals surface area contributed by atoms with E-state index in [2.05, 4.69) is 5.32 Å². The maximum Gasteiger partial charge on any atom is 0.322 e. The zero-order chi connectivity index (χ0) is 13.8. The number of halogens is 1. The minimum Gasteiger partial charge on any atom is -0.481 e. The third-order valence-electron chi connectivity index (χ3n) is 3.16. The molecule has 1 unspecified atom stereocenters. The summed E-state index contributed by atoms with van der Waals surface area (Å²) in [6.45, 7) is 0.498. The molecule has 1 heterocycles. The number of benzene rings is 1. The van der Waals surface area contributed by atoms with Crippen molar-refractivity contribution in [3.05, 3.63) is 30.1 Å². The highest BCUT2D eigenvalue weighted by molar-refractivity contribution is 5.90. The van der Waals surface area contributed by atoms with Crippen molar-refractivity contribution in [1.82, 2.24) is 4.90 Å². The molecule has 5 nitrogen and oxygen atoms in total. The van der Waals surface area contributed by atoms with E-state index in [-0.39, 0.29) is 18.2 Å². The van der Waals surface area contributed by atoms with Crippen LogP contribution in [0.25, 0.3) is 0 Å². The van der Waals surface area contributed by atoms with Gasteiger partial charge in [0.15, 0.2) is 0 Å². The number of nitrogens with zero attached hydrogens (tertiary/aromatic N) is 1. The molecule has 1 aromatic carbocycles. The number of carbonyl (C=O) groups is 2. The third-order valence-corrected chi connectivity index (χ3v) is 3.16. The first-order valence-electron chi connectivity index (χ1n) is 6.12. The molecule has 1 aliphatic rings. The van der Waals surface area contributed by atoms with Gasteiger partial charge in [0, 0.05) is 12.6 Å². The van der Waals surface area contributed by atoms with Crippen molar-refractivity contribution < 1.29 is 19.1 Å². The Morgan fingerprint density at radius 3 is 2.84 bits per heavy atom. The summed E-state index contributed by atoms with van der Waals surface area (Å²) in [4.78, 5) is 24.2. The molecule has 0 spiro atoms. The zero-order valence-electron chi connectivity index (χ0n) is 10.3. The van der Waals surface area contributed by atoms with Crippen LogP contribution in [0.2, 0.25) is 0 Å². The van der Waals surface area contributed by atoms with Crippen molar-refractivity contribution in [2.45, 2.75) is 25.3 Å². The Kier molecular flexibility index (Phi) is 3.99. The van der Waals surface area contributed by atoms with Gasteiger partial charge in [0.2, 0.25) is 0 Å². The summed E-state index contributed by atoms with van der Waals surface area (Å²) in [6, 6.07) is 5.12. The number of para-hydroxylation sites is 1. The number of rotatable bonds is 3. The van der Waals surface area contributed by atoms with Crippen LogP contribution in [0.15, 0.2) is 24.3 Å². The summed E-state index contributed by atoms with van der Waals surface area (Å²) in [6.07, 6.45) is 1.35. The van der Waals surface area contributed by atoms with Crippen molar-refractivity contribution in [2.24, 2.45) is 0 Å². The Hall–Kier alpha value is -2.11. The lowest BCUT2D eigenvalue weighted by Crippen LogP contribution is -2.39. The highest BCUT2D eigenvalue weighted by Crippen LogP contribution is 2.22. The van der Waals surface area contributed by atoms with Gasteiger partial charge in [-0.15, -0.1) is 0 Å². The lowest BCUT2D eigenvalue weighted by molar-refractivity contribution is -0.137. The summed E-state index contributed by atoms with van der Waals surface area (Å²) >= 11 is 0. The molecule has 102 valence electrons. The van der Waals surface area contributed by atoms with Crippen LogP contribution in [0.4, 0.5) is 14.9 Å². The second-order valence-corrected chi connectivity index (χ2v) is 4.50. The van der Waals surface area contributed by atoms with Crippen LogP contribution in [-0.2, 0) is 4.79 Å². The molecule has 0 saturated carbocycles. The highest BCUT2D eigenvalue weighted by Gasteiger charge is 2.30. The first-order valence-corrected chi connectivity index (χ1v) is 6.12. The van der Waals surface area contributed by atoms with Crippen molar-refractivity contribution in [2.75, 3.05) is 11.9 Å². The van der Waals surface area contributed by atoms with E-state index in [9.17, 15) is 14.0 Å². The number of hydrogen-bond donors (Lipinski definition) is 2. The molecule has 1 aromatic rings. The number of likely N-dealkylation sites (tertiary alicyclic amines) is 1. The number of anilines is 1. The summed E-state index contributed by atoms with van der Waals surface area (Å²) in [5, 5.41) is 11.3. The Morgan fingerprint density at radius 1 is 1.42 bits per heavy atom. The molecule has 1 fully saturated rings. The van der Waals surface area contributed by atoms with Crippen molar-refractivity contribution >= 4 is 17.7 Å². The first-order chi connectivity index (χ1) is 9.08. The quantitative estimate of drug-likeness (QED) is 0.882. The topological polar surface area (TPSA) is 69.6 Å². The van der Waals surface area contributed by atoms with Gasteiger partial charge in [-0.05, 0) is 25.0 Å². The van der Waals surface area contributed by atoms with E-state index in [4.69, 9.17) is 5.11 Å². The van der Waals surface area contributed by atoms with Crippen LogP contribution in [0.3, 0.4) is 0 Å². The van der Waals surface area contributed by atoms with E-state index in [1.807, 2.05) is 0 Å². The number of carbonyl (C=O) groups excluding carboxylic acids is 1. The van der Waals surface area contributed by atoms with E-state index >= 15 is 0 Å². The van der Waals surface area contributed by atoms with Crippen LogP contribution in [0, 0.1) is 5.82 Å². The third kappa shape index (κ3) is 3.21. The fraction of sp³-hybridized carbons (Fsp3) is 0.385. The van der Waals surface area contributed by atoms with Gasteiger partial charge in [-0.2, -0.15) is 0 Å². The second-order valence-electron chi connectivity index (χ2n) is 4.50. The molecule has 1 saturated heterocycles. The Morgan fingerprint density at radius 2 is 2.16 bits per heavy atom. The molecular weight excluding hydrogens is 251 g/mol. The minimum atomic E-state index is -0.935. The lowest BCUT2D eigenvalue weighted by atomic mass is 10.1. The van der Waals surface area contributed by atoms with E-state index in [0.29, 0.717) is 13.0 Å². The molecule has 19 heavy (non-hydrogen) atoms. The van der Waals surface area contributed by atoms with Gasteiger partial charge < -0.3 is 15.3 Å². The van der Waals surface area contributed by atoms with Crippen LogP contribution < -0.4 is 5.32 Å². The monoisotopic (exact) mass is 266 g/mol. The molecule has 0 aliphatic carbocycles. The van der Waals surface area contributed by atoms with Crippen LogP contribution >= 0.6 is 0 Å². The van der Waals surface area contributed by atoms with Crippen molar-refractivity contribution in [1.29, 1.82) is 0 Å². The highest BCUT2D eigenvalue weighted by atomic mass is 19.1. The first kappa shape index (κ1) is 13.3. The molecule has 0 aromatic heterocycles. The van der Waals surface area contributed by atoms with Crippen LogP contribution in [0.5, 0.6) is 0 Å². The van der Waals surface area contributed by atoms with Crippen molar-refractivity contribution in [3.63, 3.8) is 0 Å². The van der Waals surface area contributed by atoms with Gasteiger partial charge in [-0.3, -0.25) is 4.79 Å². The average molecular weight is 266 g/mol. The number of carboxylic acid groups (broad SMARTS) is 1. The maximum atomic E-state index is 13.4. The summed E-state index contributed by atoms with van der Waals surface area (Å²) in [5.74, 6) is -1.44. The smallest absolute Gasteiger partial charge is 0.322 e. The van der Waals surface area contributed by atoms with Gasteiger partial charge in [0.25, 0.3) is 0 Å². The number of nitrogens with one attached hydrogen (secondary N) is 1. The van der Waals surface area contributed by atoms with Gasteiger partial charge in [-0.1, -0.05) is 12.1 Å². The fourth-order valence-corrected chi connectivity index (χ4v) is 2.27. The number of carboxylic acids is 1. The largest absolute Gasteiger partial charge is 0.481 e. The fourth-order valence-electron chi connectivity index (χ4n) is 2.27. The Bertz CT molecular complexity index is 493. The standard InChI is InChI=1S/C13H15FN2O3/c14-10-5-1-2-6-11(10)15-13(19)16-7-3-4-9(16)8-12(17)18/h1-2,5-6,9H,3-4,7-8H2,(H,15,19)(H,17,18). The number of aliphatic carboxylic acids is 1. The van der Waals surface area contributed by atoms with Gasteiger partial charge >= 0.3 is 12.0 Å². The van der Waals surface area contributed by atoms with E-state index in [1.54, 1.807) is 6.07 Å². The molecular formula is C13H15FN2O3. The van der Waals surface area contributed by atoms with Crippen LogP contribution in [0.1, 0.15) is 19.3 Å². The molecule has 2 rings (SSSR count). The number of hydrogen-bond acceptors (Lipinski definition) is 2. The predicted molar refractivity (Wildman–Crippen MR) is 67.4 cm³/mol. The summed E-state index contributed by atoms with van der Waals surface area (Å²) in [5.41, 5.74) is 0.105. The van der Waals surface area contributed by atoms with E-state index in [0.717, 1.165) is 6.42 Å². The molecule has 0 bridgehead atoms. The lowest BCUT2D eigenvalue weighted by Gasteiger charge is -2.23. The molecule has 1 atom stereocenters. The molecule has 2 amide bonds. The normalized spacial score (nSPS) is 18.4. The van der Waals surface area contributed by atoms with E-state index in [1.165, 1.54) is 23.1 Å². The predicted octanol–water partition coefficient (Wildman–Crippen LogP) is 2.30. The number of urea groups is 1. The van der Waals surface area contributed by atoms with Crippen molar-refractivity contribution in [3.8, 4) is 0 Å².